The number of esters is 1. The van der Waals surface area contributed by atoms with E-state index in [-0.39, 0.29) is 5.97 Å². The third-order valence-corrected chi connectivity index (χ3v) is 1.73. The van der Waals surface area contributed by atoms with E-state index in [2.05, 4.69) is 13.8 Å². The van der Waals surface area contributed by atoms with Crippen LogP contribution < -0.4 is 5.73 Å². The van der Waals surface area contributed by atoms with Crippen LogP contribution in [0.2, 0.25) is 0 Å². The average Bonchev–Trinajstić information content (AvgIpc) is 2.08. The Hall–Kier alpha value is -0.610. The smallest absolute Gasteiger partial charge is 0.323 e. The van der Waals surface area contributed by atoms with Crippen molar-refractivity contribution in [3.63, 3.8) is 0 Å². The molecule has 0 aromatic rings. The second kappa shape index (κ2) is 6.86. The highest BCUT2D eigenvalue weighted by molar-refractivity contribution is 5.75. The topological polar surface area (TPSA) is 61.5 Å². The van der Waals surface area contributed by atoms with Crippen LogP contribution in [0, 0.1) is 5.92 Å². The Morgan fingerprint density at radius 1 is 1.31 bits per heavy atom. The van der Waals surface area contributed by atoms with Crippen LogP contribution in [0.5, 0.6) is 0 Å². The molecule has 4 heteroatoms. The minimum absolute atomic E-state index is 0.361. The molecule has 0 aliphatic heterocycles. The zero-order valence-corrected chi connectivity index (χ0v) is 11.1. The van der Waals surface area contributed by atoms with Crippen molar-refractivity contribution >= 4 is 5.97 Å². The lowest BCUT2D eigenvalue weighted by atomic mass is 10.1. The molecule has 0 amide bonds. The average molecular weight is 231 g/mol. The molecule has 96 valence electrons. The summed E-state index contributed by atoms with van der Waals surface area (Å²) in [6.45, 7) is 10.8. The quantitative estimate of drug-likeness (QED) is 0.558. The fourth-order valence-electron chi connectivity index (χ4n) is 1.02. The highest BCUT2D eigenvalue weighted by Crippen LogP contribution is 2.08. The molecular formula is C12H25NO3. The molecule has 0 heterocycles. The molecule has 1 unspecified atom stereocenters. The molecule has 0 bridgehead atoms. The number of hydrogen-bond acceptors (Lipinski definition) is 4. The van der Waals surface area contributed by atoms with E-state index in [0.717, 1.165) is 0 Å². The van der Waals surface area contributed by atoms with Gasteiger partial charge in [0, 0.05) is 13.2 Å². The predicted octanol–water partition coefficient (Wildman–Crippen LogP) is 1.72. The molecule has 0 saturated carbocycles. The van der Waals surface area contributed by atoms with E-state index in [4.69, 9.17) is 15.2 Å². The van der Waals surface area contributed by atoms with E-state index in [0.29, 0.717) is 25.6 Å². The highest BCUT2D eigenvalue weighted by Gasteiger charge is 2.21. The number of carbonyl (C=O) groups excluding carboxylic acids is 1. The maximum Gasteiger partial charge on any atom is 0.323 e. The van der Waals surface area contributed by atoms with Crippen molar-refractivity contribution in [3.05, 3.63) is 0 Å². The van der Waals surface area contributed by atoms with Gasteiger partial charge in [-0.1, -0.05) is 13.8 Å². The summed E-state index contributed by atoms with van der Waals surface area (Å²) < 4.78 is 10.5. The first-order chi connectivity index (χ1) is 7.22. The molecule has 16 heavy (non-hydrogen) atoms. The lowest BCUT2D eigenvalue weighted by Gasteiger charge is -2.22. The molecule has 0 radical (unpaired) electrons. The van der Waals surface area contributed by atoms with Gasteiger partial charge in [0.15, 0.2) is 0 Å². The minimum atomic E-state index is -0.591. The van der Waals surface area contributed by atoms with Crippen LogP contribution in [0.3, 0.4) is 0 Å². The summed E-state index contributed by atoms with van der Waals surface area (Å²) >= 11 is 0. The SMILES string of the molecule is CC(C)COCCC(N)C(=O)OC(C)(C)C. The Balaban J connectivity index is 3.72. The van der Waals surface area contributed by atoms with E-state index in [1.165, 1.54) is 0 Å². The van der Waals surface area contributed by atoms with Gasteiger partial charge in [-0.3, -0.25) is 4.79 Å². The van der Waals surface area contributed by atoms with Crippen molar-refractivity contribution in [1.82, 2.24) is 0 Å². The van der Waals surface area contributed by atoms with Crippen molar-refractivity contribution in [2.75, 3.05) is 13.2 Å². The molecule has 0 aliphatic carbocycles. The summed E-state index contributed by atoms with van der Waals surface area (Å²) in [7, 11) is 0. The van der Waals surface area contributed by atoms with Crippen LogP contribution in [0.15, 0.2) is 0 Å². The summed E-state index contributed by atoms with van der Waals surface area (Å²) in [5.41, 5.74) is 5.21. The van der Waals surface area contributed by atoms with Gasteiger partial charge in [-0.05, 0) is 33.1 Å². The van der Waals surface area contributed by atoms with E-state index in [1.54, 1.807) is 0 Å². The normalized spacial score (nSPS) is 13.9. The Morgan fingerprint density at radius 2 is 1.88 bits per heavy atom. The number of carbonyl (C=O) groups is 1. The fraction of sp³-hybridized carbons (Fsp3) is 0.917. The van der Waals surface area contributed by atoms with E-state index >= 15 is 0 Å². The Kier molecular flexibility index (Phi) is 6.60. The zero-order chi connectivity index (χ0) is 12.8. The van der Waals surface area contributed by atoms with E-state index < -0.39 is 11.6 Å². The van der Waals surface area contributed by atoms with Gasteiger partial charge in [0.05, 0.1) is 0 Å². The molecule has 0 fully saturated rings. The van der Waals surface area contributed by atoms with E-state index in [1.807, 2.05) is 20.8 Å². The first-order valence-electron chi connectivity index (χ1n) is 5.78. The molecule has 0 aliphatic rings. The van der Waals surface area contributed by atoms with Gasteiger partial charge in [-0.15, -0.1) is 0 Å². The minimum Gasteiger partial charge on any atom is -0.459 e. The van der Waals surface area contributed by atoms with Gasteiger partial charge in [0.2, 0.25) is 0 Å². The molecule has 0 rings (SSSR count). The summed E-state index contributed by atoms with van der Waals surface area (Å²) in [4.78, 5) is 11.5. The monoisotopic (exact) mass is 231 g/mol. The van der Waals surface area contributed by atoms with Crippen LogP contribution >= 0.6 is 0 Å². The van der Waals surface area contributed by atoms with Gasteiger partial charge >= 0.3 is 5.97 Å². The molecular weight excluding hydrogens is 206 g/mol. The van der Waals surface area contributed by atoms with Crippen LogP contribution in [-0.2, 0) is 14.3 Å². The summed E-state index contributed by atoms with van der Waals surface area (Å²) in [6.07, 6.45) is 0.502. The molecule has 1 atom stereocenters. The lowest BCUT2D eigenvalue weighted by molar-refractivity contribution is -0.156. The maximum absolute atomic E-state index is 11.5. The largest absolute Gasteiger partial charge is 0.459 e. The molecule has 0 aromatic carbocycles. The van der Waals surface area contributed by atoms with Gasteiger partial charge in [-0.25, -0.2) is 0 Å². The van der Waals surface area contributed by atoms with Gasteiger partial charge in [0.25, 0.3) is 0 Å². The van der Waals surface area contributed by atoms with Crippen LogP contribution in [0.1, 0.15) is 41.0 Å². The highest BCUT2D eigenvalue weighted by atomic mass is 16.6. The molecule has 0 saturated heterocycles. The standard InChI is InChI=1S/C12H25NO3/c1-9(2)8-15-7-6-10(13)11(14)16-12(3,4)5/h9-10H,6-8,13H2,1-5H3. The van der Waals surface area contributed by atoms with Crippen LogP contribution in [0.4, 0.5) is 0 Å². The third-order valence-electron chi connectivity index (χ3n) is 1.73. The lowest BCUT2D eigenvalue weighted by Crippen LogP contribution is -2.38. The number of nitrogens with two attached hydrogens (primary N) is 1. The molecule has 2 N–H and O–H groups in total. The number of ether oxygens (including phenoxy) is 2. The van der Waals surface area contributed by atoms with E-state index in [9.17, 15) is 4.79 Å². The summed E-state index contributed by atoms with van der Waals surface area (Å²) in [6, 6.07) is -0.591. The van der Waals surface area contributed by atoms with Gasteiger partial charge < -0.3 is 15.2 Å². The van der Waals surface area contributed by atoms with Crippen LogP contribution in [-0.4, -0.2) is 30.8 Å². The molecule has 0 aromatic heterocycles. The first kappa shape index (κ1) is 15.4. The molecule has 4 nitrogen and oxygen atoms in total. The Morgan fingerprint density at radius 3 is 2.31 bits per heavy atom. The number of hydrogen-bond donors (Lipinski definition) is 1. The second-order valence-electron chi connectivity index (χ2n) is 5.40. The van der Waals surface area contributed by atoms with Crippen molar-refractivity contribution in [2.45, 2.75) is 52.7 Å². The van der Waals surface area contributed by atoms with Gasteiger partial charge in [0.1, 0.15) is 11.6 Å². The zero-order valence-electron chi connectivity index (χ0n) is 11.1. The van der Waals surface area contributed by atoms with Crippen molar-refractivity contribution in [2.24, 2.45) is 11.7 Å². The molecule has 0 spiro atoms. The first-order valence-corrected chi connectivity index (χ1v) is 5.78. The predicted molar refractivity (Wildman–Crippen MR) is 64.1 cm³/mol. The van der Waals surface area contributed by atoms with Crippen molar-refractivity contribution < 1.29 is 14.3 Å². The summed E-state index contributed by atoms with van der Waals surface area (Å²) in [5, 5.41) is 0. The van der Waals surface area contributed by atoms with Gasteiger partial charge in [-0.2, -0.15) is 0 Å². The third kappa shape index (κ3) is 8.68. The fourth-order valence-corrected chi connectivity index (χ4v) is 1.02. The van der Waals surface area contributed by atoms with Crippen molar-refractivity contribution in [3.8, 4) is 0 Å². The summed E-state index contributed by atoms with van der Waals surface area (Å²) in [5.74, 6) is 0.137. The Bertz CT molecular complexity index is 209. The number of rotatable bonds is 6. The van der Waals surface area contributed by atoms with Crippen molar-refractivity contribution in [1.29, 1.82) is 0 Å². The Labute approximate surface area is 98.5 Å². The maximum atomic E-state index is 11.5. The van der Waals surface area contributed by atoms with Crippen LogP contribution in [0.25, 0.3) is 0 Å². The second-order valence-corrected chi connectivity index (χ2v) is 5.40.